The van der Waals surface area contributed by atoms with Crippen LogP contribution >= 0.6 is 0 Å². The molecule has 0 amide bonds. The van der Waals surface area contributed by atoms with Gasteiger partial charge in [0.25, 0.3) is 0 Å². The summed E-state index contributed by atoms with van der Waals surface area (Å²) < 4.78 is 0. The Morgan fingerprint density at radius 1 is 1.00 bits per heavy atom. The van der Waals surface area contributed by atoms with Gasteiger partial charge in [-0.15, -0.1) is 0 Å². The molecule has 2 heteroatoms. The molecule has 104 valence electrons. The molecule has 0 bridgehead atoms. The van der Waals surface area contributed by atoms with Gasteiger partial charge in [0.15, 0.2) is 0 Å². The summed E-state index contributed by atoms with van der Waals surface area (Å²) in [5, 5.41) is 1.15. The van der Waals surface area contributed by atoms with E-state index in [0.717, 1.165) is 28.6 Å². The number of aryl methyl sites for hydroxylation is 1. The van der Waals surface area contributed by atoms with E-state index in [4.69, 9.17) is 4.98 Å². The third-order valence-corrected chi connectivity index (χ3v) is 3.59. The Morgan fingerprint density at radius 2 is 1.86 bits per heavy atom. The minimum absolute atomic E-state index is 0.226. The fourth-order valence-electron chi connectivity index (χ4n) is 2.43. The second-order valence-electron chi connectivity index (χ2n) is 5.29. The van der Waals surface area contributed by atoms with Crippen molar-refractivity contribution in [1.29, 1.82) is 0 Å². The van der Waals surface area contributed by atoms with Gasteiger partial charge in [0, 0.05) is 17.4 Å². The summed E-state index contributed by atoms with van der Waals surface area (Å²) in [6.45, 7) is 1.63. The number of pyridine rings is 1. The number of para-hydroxylation sites is 1. The predicted octanol–water partition coefficient (Wildman–Crippen LogP) is 4.42. The van der Waals surface area contributed by atoms with Crippen molar-refractivity contribution in [3.05, 3.63) is 66.2 Å². The fourth-order valence-corrected chi connectivity index (χ4v) is 2.43. The Bertz CT molecular complexity index is 792. The van der Waals surface area contributed by atoms with Crippen LogP contribution in [0.15, 0.2) is 60.7 Å². The number of fused-ring (bicyclic) bond motifs is 1. The van der Waals surface area contributed by atoms with Crippen LogP contribution in [0.3, 0.4) is 0 Å². The zero-order chi connectivity index (χ0) is 14.7. The maximum atomic E-state index is 11.1. The molecule has 0 aliphatic carbocycles. The number of aromatic nitrogens is 1. The molecule has 1 heterocycles. The van der Waals surface area contributed by atoms with Gasteiger partial charge < -0.3 is 4.79 Å². The highest BCUT2D eigenvalue weighted by Gasteiger charge is 2.03. The average Bonchev–Trinajstić information content (AvgIpc) is 2.53. The standard InChI is InChI=1S/C19H17NO/c1-14(21)9-10-15-5-4-7-17(13-15)19-12-11-16-6-2-3-8-18(16)20-19/h2-8,11-13H,9-10H2,1H3. The molecule has 3 rings (SSSR count). The van der Waals surface area contributed by atoms with E-state index < -0.39 is 0 Å². The molecule has 0 saturated heterocycles. The molecule has 2 nitrogen and oxygen atoms in total. The lowest BCUT2D eigenvalue weighted by atomic mass is 10.0. The molecular formula is C19H17NO. The SMILES string of the molecule is CC(=O)CCc1cccc(-c2ccc3ccccc3n2)c1. The van der Waals surface area contributed by atoms with Gasteiger partial charge in [-0.1, -0.05) is 42.5 Å². The molecular weight excluding hydrogens is 258 g/mol. The van der Waals surface area contributed by atoms with Gasteiger partial charge in [0.05, 0.1) is 11.2 Å². The van der Waals surface area contributed by atoms with Crippen molar-refractivity contribution in [2.45, 2.75) is 19.8 Å². The maximum absolute atomic E-state index is 11.1. The number of ketones is 1. The van der Waals surface area contributed by atoms with Gasteiger partial charge in [-0.3, -0.25) is 0 Å². The first-order valence-corrected chi connectivity index (χ1v) is 7.17. The third kappa shape index (κ3) is 3.16. The molecule has 0 unspecified atom stereocenters. The summed E-state index contributed by atoms with van der Waals surface area (Å²) in [7, 11) is 0. The maximum Gasteiger partial charge on any atom is 0.130 e. The van der Waals surface area contributed by atoms with Crippen LogP contribution in [0.1, 0.15) is 18.9 Å². The van der Waals surface area contributed by atoms with Gasteiger partial charge >= 0.3 is 0 Å². The summed E-state index contributed by atoms with van der Waals surface area (Å²) >= 11 is 0. The number of carbonyl (C=O) groups is 1. The number of benzene rings is 2. The first-order valence-electron chi connectivity index (χ1n) is 7.17. The van der Waals surface area contributed by atoms with E-state index >= 15 is 0 Å². The second-order valence-corrected chi connectivity index (χ2v) is 5.29. The second kappa shape index (κ2) is 5.88. The number of rotatable bonds is 4. The van der Waals surface area contributed by atoms with E-state index in [1.807, 2.05) is 30.3 Å². The normalized spacial score (nSPS) is 10.7. The monoisotopic (exact) mass is 275 g/mol. The van der Waals surface area contributed by atoms with Crippen LogP contribution in [-0.2, 0) is 11.2 Å². The van der Waals surface area contributed by atoms with Gasteiger partial charge in [-0.25, -0.2) is 4.98 Å². The third-order valence-electron chi connectivity index (χ3n) is 3.59. The Balaban J connectivity index is 1.94. The molecule has 0 aliphatic heterocycles. The Hall–Kier alpha value is -2.48. The molecule has 0 radical (unpaired) electrons. The molecule has 0 N–H and O–H groups in total. The zero-order valence-electron chi connectivity index (χ0n) is 12.0. The largest absolute Gasteiger partial charge is 0.300 e. The topological polar surface area (TPSA) is 30.0 Å². The lowest BCUT2D eigenvalue weighted by molar-refractivity contribution is -0.116. The van der Waals surface area contributed by atoms with Crippen LogP contribution in [0, 0.1) is 0 Å². The van der Waals surface area contributed by atoms with Crippen LogP contribution in [-0.4, -0.2) is 10.8 Å². The van der Waals surface area contributed by atoms with E-state index in [1.165, 1.54) is 5.56 Å². The minimum atomic E-state index is 0.226. The van der Waals surface area contributed by atoms with Crippen molar-refractivity contribution in [3.63, 3.8) is 0 Å². The van der Waals surface area contributed by atoms with E-state index in [9.17, 15) is 4.79 Å². The van der Waals surface area contributed by atoms with E-state index in [1.54, 1.807) is 6.92 Å². The summed E-state index contributed by atoms with van der Waals surface area (Å²) in [5.74, 6) is 0.226. The molecule has 0 aliphatic rings. The summed E-state index contributed by atoms with van der Waals surface area (Å²) in [5.41, 5.74) is 4.25. The predicted molar refractivity (Wildman–Crippen MR) is 86.2 cm³/mol. The number of nitrogens with zero attached hydrogens (tertiary/aromatic N) is 1. The van der Waals surface area contributed by atoms with Crippen molar-refractivity contribution in [2.24, 2.45) is 0 Å². The summed E-state index contributed by atoms with van der Waals surface area (Å²) in [4.78, 5) is 15.8. The molecule has 21 heavy (non-hydrogen) atoms. The van der Waals surface area contributed by atoms with E-state index in [-0.39, 0.29) is 5.78 Å². The molecule has 3 aromatic rings. The van der Waals surface area contributed by atoms with Gasteiger partial charge in [-0.05, 0) is 37.1 Å². The first kappa shape index (κ1) is 13.5. The van der Waals surface area contributed by atoms with E-state index in [0.29, 0.717) is 6.42 Å². The highest BCUT2D eigenvalue weighted by Crippen LogP contribution is 2.22. The molecule has 2 aromatic carbocycles. The van der Waals surface area contributed by atoms with Crippen molar-refractivity contribution in [1.82, 2.24) is 4.98 Å². The smallest absolute Gasteiger partial charge is 0.130 e. The van der Waals surface area contributed by atoms with Crippen LogP contribution in [0.2, 0.25) is 0 Å². The Labute approximate surface area is 124 Å². The first-order chi connectivity index (χ1) is 10.2. The molecule has 0 fully saturated rings. The number of hydrogen-bond donors (Lipinski definition) is 0. The Kier molecular flexibility index (Phi) is 3.78. The van der Waals surface area contributed by atoms with Crippen LogP contribution in [0.4, 0.5) is 0 Å². The van der Waals surface area contributed by atoms with Gasteiger partial charge in [-0.2, -0.15) is 0 Å². The molecule has 1 aromatic heterocycles. The highest BCUT2D eigenvalue weighted by atomic mass is 16.1. The summed E-state index contributed by atoms with van der Waals surface area (Å²) in [6.07, 6.45) is 1.38. The van der Waals surface area contributed by atoms with Crippen molar-refractivity contribution in [3.8, 4) is 11.3 Å². The fraction of sp³-hybridized carbons (Fsp3) is 0.158. The van der Waals surface area contributed by atoms with Gasteiger partial charge in [0.1, 0.15) is 5.78 Å². The Morgan fingerprint density at radius 3 is 2.71 bits per heavy atom. The highest BCUT2D eigenvalue weighted by molar-refractivity contribution is 5.81. The lowest BCUT2D eigenvalue weighted by Crippen LogP contribution is -1.94. The van der Waals surface area contributed by atoms with Gasteiger partial charge in [0.2, 0.25) is 0 Å². The zero-order valence-corrected chi connectivity index (χ0v) is 12.0. The molecule has 0 atom stereocenters. The lowest BCUT2D eigenvalue weighted by Gasteiger charge is -2.06. The van der Waals surface area contributed by atoms with Crippen LogP contribution < -0.4 is 0 Å². The number of hydrogen-bond acceptors (Lipinski definition) is 2. The van der Waals surface area contributed by atoms with Crippen molar-refractivity contribution in [2.75, 3.05) is 0 Å². The number of carbonyl (C=O) groups excluding carboxylic acids is 1. The minimum Gasteiger partial charge on any atom is -0.300 e. The number of Topliss-reactive ketones (excluding diaryl/α,β-unsaturated/α-hetero) is 1. The molecule has 0 saturated carbocycles. The molecule has 0 spiro atoms. The van der Waals surface area contributed by atoms with E-state index in [2.05, 4.69) is 30.3 Å². The van der Waals surface area contributed by atoms with Crippen LogP contribution in [0.5, 0.6) is 0 Å². The van der Waals surface area contributed by atoms with Crippen molar-refractivity contribution < 1.29 is 4.79 Å². The van der Waals surface area contributed by atoms with Crippen molar-refractivity contribution >= 4 is 16.7 Å². The van der Waals surface area contributed by atoms with Crippen LogP contribution in [0.25, 0.3) is 22.2 Å². The quantitative estimate of drug-likeness (QED) is 0.705. The summed E-state index contributed by atoms with van der Waals surface area (Å²) in [6, 6.07) is 20.5. The average molecular weight is 275 g/mol.